The monoisotopic (exact) mass is 348 g/mol. The van der Waals surface area contributed by atoms with Crippen LogP contribution in [0.5, 0.6) is 5.75 Å². The Bertz CT molecular complexity index is 1010. The largest absolute Gasteiger partial charge is 0.497 e. The van der Waals surface area contributed by atoms with Gasteiger partial charge in [-0.1, -0.05) is 12.1 Å². The molecule has 0 aliphatic carbocycles. The minimum atomic E-state index is 0.729. The lowest BCUT2D eigenvalue weighted by Gasteiger charge is -2.09. The molecule has 124 valence electrons. The van der Waals surface area contributed by atoms with E-state index >= 15 is 0 Å². The van der Waals surface area contributed by atoms with Gasteiger partial charge in [-0.3, -0.25) is 0 Å². The number of nitrogen functional groups attached to an aromatic ring is 1. The van der Waals surface area contributed by atoms with Crippen molar-refractivity contribution in [1.82, 2.24) is 9.97 Å². The summed E-state index contributed by atoms with van der Waals surface area (Å²) < 4.78 is 5.24. The van der Waals surface area contributed by atoms with Gasteiger partial charge in [0.2, 0.25) is 0 Å². The number of thiophene rings is 1. The Labute approximate surface area is 149 Å². The van der Waals surface area contributed by atoms with Crippen molar-refractivity contribution in [3.05, 3.63) is 60.2 Å². The Balaban J connectivity index is 1.79. The van der Waals surface area contributed by atoms with E-state index in [1.165, 1.54) is 0 Å². The fourth-order valence-corrected chi connectivity index (χ4v) is 3.57. The molecule has 3 N–H and O–H groups in total. The molecule has 0 amide bonds. The van der Waals surface area contributed by atoms with E-state index in [1.807, 2.05) is 48.5 Å². The fraction of sp³-hybridized carbons (Fsp3) is 0.0526. The van der Waals surface area contributed by atoms with Gasteiger partial charge in [0.05, 0.1) is 12.5 Å². The maximum atomic E-state index is 5.76. The topological polar surface area (TPSA) is 73.1 Å². The molecular formula is C19H16N4OS. The fourth-order valence-electron chi connectivity index (χ4n) is 2.66. The maximum Gasteiger partial charge on any atom is 0.143 e. The van der Waals surface area contributed by atoms with Crippen molar-refractivity contribution in [2.45, 2.75) is 0 Å². The molecule has 2 heterocycles. The minimum Gasteiger partial charge on any atom is -0.497 e. The second kappa shape index (κ2) is 6.41. The Hall–Kier alpha value is -3.12. The Morgan fingerprint density at radius 2 is 1.76 bits per heavy atom. The highest BCUT2D eigenvalue weighted by atomic mass is 32.1. The lowest BCUT2D eigenvalue weighted by Crippen LogP contribution is -1.96. The first kappa shape index (κ1) is 15.4. The molecule has 0 spiro atoms. The van der Waals surface area contributed by atoms with Gasteiger partial charge >= 0.3 is 0 Å². The van der Waals surface area contributed by atoms with Crippen LogP contribution in [0.15, 0.2) is 60.2 Å². The molecule has 0 saturated carbocycles. The van der Waals surface area contributed by atoms with E-state index in [1.54, 1.807) is 24.8 Å². The van der Waals surface area contributed by atoms with E-state index in [-0.39, 0.29) is 0 Å². The molecule has 0 saturated heterocycles. The predicted octanol–water partition coefficient (Wildman–Crippen LogP) is 4.69. The highest BCUT2D eigenvalue weighted by molar-refractivity contribution is 7.17. The second-order valence-electron chi connectivity index (χ2n) is 5.53. The van der Waals surface area contributed by atoms with Gasteiger partial charge < -0.3 is 15.8 Å². The molecule has 4 aromatic rings. The van der Waals surface area contributed by atoms with E-state index in [2.05, 4.69) is 20.7 Å². The number of methoxy groups -OCH3 is 1. The number of hydrogen-bond acceptors (Lipinski definition) is 6. The van der Waals surface area contributed by atoms with Crippen LogP contribution in [-0.4, -0.2) is 17.1 Å². The zero-order chi connectivity index (χ0) is 17.2. The molecule has 0 radical (unpaired) electrons. The van der Waals surface area contributed by atoms with Crippen LogP contribution in [0.2, 0.25) is 0 Å². The van der Waals surface area contributed by atoms with Gasteiger partial charge in [0.1, 0.15) is 22.7 Å². The Morgan fingerprint density at radius 1 is 1.00 bits per heavy atom. The van der Waals surface area contributed by atoms with Crippen LogP contribution in [0.3, 0.4) is 0 Å². The van der Waals surface area contributed by atoms with Crippen LogP contribution in [0.1, 0.15) is 0 Å². The second-order valence-corrected chi connectivity index (χ2v) is 6.39. The van der Waals surface area contributed by atoms with Crippen LogP contribution in [0, 0.1) is 0 Å². The van der Waals surface area contributed by atoms with Crippen LogP contribution in [-0.2, 0) is 0 Å². The number of ether oxygens (including phenoxy) is 1. The van der Waals surface area contributed by atoms with Crippen LogP contribution in [0.4, 0.5) is 17.2 Å². The summed E-state index contributed by atoms with van der Waals surface area (Å²) in [6.45, 7) is 0. The quantitative estimate of drug-likeness (QED) is 0.523. The van der Waals surface area contributed by atoms with E-state index < -0.39 is 0 Å². The van der Waals surface area contributed by atoms with Crippen molar-refractivity contribution >= 4 is 38.7 Å². The standard InChI is InChI=1S/C19H16N4OS/c1-24-15-8-2-12(3-9-15)16-10-25-19-17(16)18(21-11-22-19)23-14-6-4-13(20)5-7-14/h2-11H,20H2,1H3,(H,21,22,23). The average molecular weight is 348 g/mol. The van der Waals surface area contributed by atoms with Crippen molar-refractivity contribution in [2.75, 3.05) is 18.2 Å². The number of nitrogens with one attached hydrogen (secondary N) is 1. The summed E-state index contributed by atoms with van der Waals surface area (Å²) in [4.78, 5) is 9.79. The summed E-state index contributed by atoms with van der Waals surface area (Å²) in [6.07, 6.45) is 1.58. The first-order valence-electron chi connectivity index (χ1n) is 7.74. The number of benzene rings is 2. The molecule has 0 bridgehead atoms. The van der Waals surface area contributed by atoms with Crippen molar-refractivity contribution in [3.63, 3.8) is 0 Å². The van der Waals surface area contributed by atoms with Crippen LogP contribution < -0.4 is 15.8 Å². The minimum absolute atomic E-state index is 0.729. The molecule has 5 nitrogen and oxygen atoms in total. The van der Waals surface area contributed by atoms with Crippen molar-refractivity contribution in [1.29, 1.82) is 0 Å². The number of aromatic nitrogens is 2. The summed E-state index contributed by atoms with van der Waals surface area (Å²) in [7, 11) is 1.66. The molecule has 0 atom stereocenters. The first-order valence-corrected chi connectivity index (χ1v) is 8.62. The molecule has 0 aliphatic heterocycles. The van der Waals surface area contributed by atoms with Crippen molar-refractivity contribution in [2.24, 2.45) is 0 Å². The van der Waals surface area contributed by atoms with Gasteiger partial charge in [0.25, 0.3) is 0 Å². The SMILES string of the molecule is COc1ccc(-c2csc3ncnc(Nc4ccc(N)cc4)c23)cc1. The van der Waals surface area contributed by atoms with Gasteiger partial charge in [0.15, 0.2) is 0 Å². The lowest BCUT2D eigenvalue weighted by molar-refractivity contribution is 0.415. The first-order chi connectivity index (χ1) is 12.2. The molecule has 0 aliphatic rings. The van der Waals surface area contributed by atoms with Gasteiger partial charge in [-0.2, -0.15) is 0 Å². The molecular weight excluding hydrogens is 332 g/mol. The van der Waals surface area contributed by atoms with Crippen molar-refractivity contribution < 1.29 is 4.74 Å². The highest BCUT2D eigenvalue weighted by Crippen LogP contribution is 2.37. The predicted molar refractivity (Wildman–Crippen MR) is 104 cm³/mol. The third-order valence-corrected chi connectivity index (χ3v) is 4.83. The molecule has 2 aromatic heterocycles. The smallest absolute Gasteiger partial charge is 0.143 e. The van der Waals surface area contributed by atoms with Gasteiger partial charge in [-0.25, -0.2) is 9.97 Å². The normalized spacial score (nSPS) is 10.8. The van der Waals surface area contributed by atoms with Gasteiger partial charge in [0, 0.05) is 22.3 Å². The number of hydrogen-bond donors (Lipinski definition) is 2. The Morgan fingerprint density at radius 3 is 2.48 bits per heavy atom. The lowest BCUT2D eigenvalue weighted by atomic mass is 10.1. The van der Waals surface area contributed by atoms with E-state index in [4.69, 9.17) is 10.5 Å². The van der Waals surface area contributed by atoms with Crippen LogP contribution >= 0.6 is 11.3 Å². The zero-order valence-electron chi connectivity index (χ0n) is 13.6. The molecule has 25 heavy (non-hydrogen) atoms. The Kier molecular flexibility index (Phi) is 3.95. The highest BCUT2D eigenvalue weighted by Gasteiger charge is 2.13. The van der Waals surface area contributed by atoms with Gasteiger partial charge in [-0.15, -0.1) is 11.3 Å². The summed E-state index contributed by atoms with van der Waals surface area (Å²) in [6, 6.07) is 15.6. The van der Waals surface area contributed by atoms with Crippen LogP contribution in [0.25, 0.3) is 21.3 Å². The number of anilines is 3. The van der Waals surface area contributed by atoms with E-state index in [0.717, 1.165) is 44.3 Å². The summed E-state index contributed by atoms with van der Waals surface area (Å²) in [5.41, 5.74) is 9.61. The average Bonchev–Trinajstić information content (AvgIpc) is 3.09. The molecule has 2 aromatic carbocycles. The molecule has 4 rings (SSSR count). The number of nitrogens with zero attached hydrogens (tertiary/aromatic N) is 2. The zero-order valence-corrected chi connectivity index (χ0v) is 14.4. The van der Waals surface area contributed by atoms with E-state index in [0.29, 0.717) is 0 Å². The maximum absolute atomic E-state index is 5.76. The molecule has 0 unspecified atom stereocenters. The molecule has 0 fully saturated rings. The van der Waals surface area contributed by atoms with Crippen molar-refractivity contribution in [3.8, 4) is 16.9 Å². The summed E-state index contributed by atoms with van der Waals surface area (Å²) in [5.74, 6) is 1.61. The third kappa shape index (κ3) is 2.99. The molecule has 6 heteroatoms. The number of rotatable bonds is 4. The number of fused-ring (bicyclic) bond motifs is 1. The number of nitrogens with two attached hydrogens (primary N) is 1. The third-order valence-electron chi connectivity index (χ3n) is 3.94. The summed E-state index contributed by atoms with van der Waals surface area (Å²) >= 11 is 1.60. The summed E-state index contributed by atoms with van der Waals surface area (Å²) in [5, 5.41) is 6.48. The van der Waals surface area contributed by atoms with Gasteiger partial charge in [-0.05, 0) is 42.0 Å². The van der Waals surface area contributed by atoms with E-state index in [9.17, 15) is 0 Å².